The van der Waals surface area contributed by atoms with Gasteiger partial charge in [-0.3, -0.25) is 4.79 Å². The molecule has 0 radical (unpaired) electrons. The molecule has 0 bridgehead atoms. The van der Waals surface area contributed by atoms with Crippen LogP contribution in [0.2, 0.25) is 5.02 Å². The predicted molar refractivity (Wildman–Crippen MR) is 80.9 cm³/mol. The van der Waals surface area contributed by atoms with Crippen LogP contribution in [0.3, 0.4) is 0 Å². The van der Waals surface area contributed by atoms with Gasteiger partial charge in [0.15, 0.2) is 0 Å². The van der Waals surface area contributed by atoms with Gasteiger partial charge in [-0.2, -0.15) is 0 Å². The van der Waals surface area contributed by atoms with E-state index in [4.69, 9.17) is 22.3 Å². The maximum Gasteiger partial charge on any atom is 0.262 e. The highest BCUT2D eigenvalue weighted by Gasteiger charge is 2.22. The van der Waals surface area contributed by atoms with Crippen LogP contribution < -0.4 is 5.32 Å². The average molecular weight is 356 g/mol. The fourth-order valence-corrected chi connectivity index (χ4v) is 3.39. The van der Waals surface area contributed by atoms with Gasteiger partial charge in [-0.1, -0.05) is 31.9 Å². The zero-order chi connectivity index (χ0) is 16.2. The first-order valence-corrected chi connectivity index (χ1v) is 9.14. The highest BCUT2D eigenvalue weighted by Crippen LogP contribution is 2.27. The zero-order valence-electron chi connectivity index (χ0n) is 11.6. The average Bonchev–Trinajstić information content (AvgIpc) is 2.36. The van der Waals surface area contributed by atoms with Crippen LogP contribution in [0.1, 0.15) is 43.5 Å². The predicted octanol–water partition coefficient (Wildman–Crippen LogP) is 3.72. The van der Waals surface area contributed by atoms with E-state index in [1.807, 2.05) is 13.8 Å². The molecule has 0 spiro atoms. The highest BCUT2D eigenvalue weighted by atomic mass is 35.7. The molecular weight excluding hydrogens is 340 g/mol. The third-order valence-electron chi connectivity index (χ3n) is 2.99. The molecular formula is C13H16Cl2FNO3S. The monoisotopic (exact) mass is 355 g/mol. The standard InChI is InChI=1S/C13H16Cl2FNO3S/c1-3-5-8(4-2)17-13(18)9-6-12(21(15,19)20)10(14)7-11(9)16/h6-8H,3-5H2,1-2H3,(H,17,18). The first-order valence-electron chi connectivity index (χ1n) is 6.45. The lowest BCUT2D eigenvalue weighted by molar-refractivity contribution is 0.0929. The largest absolute Gasteiger partial charge is 0.349 e. The van der Waals surface area contributed by atoms with Crippen molar-refractivity contribution < 1.29 is 17.6 Å². The molecule has 1 aromatic rings. The Kier molecular flexibility index (Phi) is 6.43. The van der Waals surface area contributed by atoms with Crippen molar-refractivity contribution in [2.45, 2.75) is 44.0 Å². The van der Waals surface area contributed by atoms with Crippen molar-refractivity contribution in [1.82, 2.24) is 5.32 Å². The quantitative estimate of drug-likeness (QED) is 0.791. The second kappa shape index (κ2) is 7.42. The van der Waals surface area contributed by atoms with E-state index in [-0.39, 0.29) is 11.1 Å². The van der Waals surface area contributed by atoms with Crippen molar-refractivity contribution in [1.29, 1.82) is 0 Å². The highest BCUT2D eigenvalue weighted by molar-refractivity contribution is 8.13. The lowest BCUT2D eigenvalue weighted by Gasteiger charge is -2.16. The summed E-state index contributed by atoms with van der Waals surface area (Å²) in [6, 6.07) is 1.52. The molecule has 1 aromatic carbocycles. The molecule has 21 heavy (non-hydrogen) atoms. The van der Waals surface area contributed by atoms with Crippen molar-refractivity contribution in [3.8, 4) is 0 Å². The minimum Gasteiger partial charge on any atom is -0.349 e. The minimum absolute atomic E-state index is 0.103. The Morgan fingerprint density at radius 2 is 2.00 bits per heavy atom. The van der Waals surface area contributed by atoms with Crippen molar-refractivity contribution in [3.05, 3.63) is 28.5 Å². The van der Waals surface area contributed by atoms with Crippen LogP contribution in [0.4, 0.5) is 4.39 Å². The third-order valence-corrected chi connectivity index (χ3v) is 4.78. The van der Waals surface area contributed by atoms with E-state index in [9.17, 15) is 17.6 Å². The Balaban J connectivity index is 3.15. The van der Waals surface area contributed by atoms with Gasteiger partial charge in [-0.25, -0.2) is 12.8 Å². The fraction of sp³-hybridized carbons (Fsp3) is 0.462. The number of carbonyl (C=O) groups is 1. The molecule has 4 nitrogen and oxygen atoms in total. The summed E-state index contributed by atoms with van der Waals surface area (Å²) in [7, 11) is 1.05. The van der Waals surface area contributed by atoms with E-state index in [2.05, 4.69) is 5.32 Å². The minimum atomic E-state index is -4.16. The van der Waals surface area contributed by atoms with Crippen LogP contribution in [-0.4, -0.2) is 20.4 Å². The summed E-state index contributed by atoms with van der Waals surface area (Å²) in [4.78, 5) is 11.6. The Bertz CT molecular complexity index is 635. The fourth-order valence-electron chi connectivity index (χ4n) is 1.88. The zero-order valence-corrected chi connectivity index (χ0v) is 13.9. The Morgan fingerprint density at radius 1 is 1.38 bits per heavy atom. The van der Waals surface area contributed by atoms with E-state index in [1.54, 1.807) is 0 Å². The van der Waals surface area contributed by atoms with E-state index in [1.165, 1.54) is 0 Å². The molecule has 0 aliphatic rings. The summed E-state index contributed by atoms with van der Waals surface area (Å²) in [5, 5.41) is 2.30. The van der Waals surface area contributed by atoms with Crippen molar-refractivity contribution >= 4 is 37.2 Å². The van der Waals surface area contributed by atoms with E-state index >= 15 is 0 Å². The molecule has 0 aliphatic heterocycles. The van der Waals surface area contributed by atoms with E-state index < -0.39 is 31.2 Å². The van der Waals surface area contributed by atoms with Gasteiger partial charge >= 0.3 is 0 Å². The number of amides is 1. The molecule has 0 saturated carbocycles. The molecule has 0 heterocycles. The van der Waals surface area contributed by atoms with Crippen LogP contribution in [0.25, 0.3) is 0 Å². The molecule has 118 valence electrons. The van der Waals surface area contributed by atoms with Crippen molar-refractivity contribution in [3.63, 3.8) is 0 Å². The Hall–Kier alpha value is -0.850. The van der Waals surface area contributed by atoms with Crippen LogP contribution in [-0.2, 0) is 9.05 Å². The molecule has 1 rings (SSSR count). The number of hydrogen-bond acceptors (Lipinski definition) is 3. The van der Waals surface area contributed by atoms with Crippen LogP contribution >= 0.6 is 22.3 Å². The smallest absolute Gasteiger partial charge is 0.262 e. The molecule has 0 saturated heterocycles. The number of nitrogens with one attached hydrogen (secondary N) is 1. The normalized spacial score (nSPS) is 13.0. The molecule has 1 unspecified atom stereocenters. The van der Waals surface area contributed by atoms with Gasteiger partial charge in [-0.15, -0.1) is 0 Å². The Morgan fingerprint density at radius 3 is 2.48 bits per heavy atom. The van der Waals surface area contributed by atoms with Gasteiger partial charge in [-0.05, 0) is 25.0 Å². The summed E-state index contributed by atoms with van der Waals surface area (Å²) in [5.41, 5.74) is -0.395. The van der Waals surface area contributed by atoms with Crippen LogP contribution in [0.5, 0.6) is 0 Å². The molecule has 0 fully saturated rings. The van der Waals surface area contributed by atoms with Gasteiger partial charge in [0.2, 0.25) is 0 Å². The molecule has 1 N–H and O–H groups in total. The van der Waals surface area contributed by atoms with Crippen molar-refractivity contribution in [2.75, 3.05) is 0 Å². The Labute approximate surface area is 133 Å². The third kappa shape index (κ3) is 4.83. The van der Waals surface area contributed by atoms with Gasteiger partial charge in [0.05, 0.1) is 10.6 Å². The number of hydrogen-bond donors (Lipinski definition) is 1. The van der Waals surface area contributed by atoms with Crippen molar-refractivity contribution in [2.24, 2.45) is 0 Å². The lowest BCUT2D eigenvalue weighted by Crippen LogP contribution is -2.34. The first kappa shape index (κ1) is 18.2. The summed E-state index contributed by atoms with van der Waals surface area (Å²) in [5.74, 6) is -1.58. The molecule has 0 aliphatic carbocycles. The molecule has 1 amide bonds. The topological polar surface area (TPSA) is 63.2 Å². The van der Waals surface area contributed by atoms with E-state index in [0.717, 1.165) is 25.0 Å². The molecule has 1 atom stereocenters. The van der Waals surface area contributed by atoms with Crippen LogP contribution in [0.15, 0.2) is 17.0 Å². The molecule has 0 aromatic heterocycles. The van der Waals surface area contributed by atoms with E-state index in [0.29, 0.717) is 6.42 Å². The van der Waals surface area contributed by atoms with Gasteiger partial charge in [0.25, 0.3) is 15.0 Å². The summed E-state index contributed by atoms with van der Waals surface area (Å²) in [6.07, 6.45) is 2.30. The molecule has 8 heteroatoms. The van der Waals surface area contributed by atoms with Gasteiger partial charge in [0.1, 0.15) is 10.7 Å². The maximum absolute atomic E-state index is 13.8. The SMILES string of the molecule is CCCC(CC)NC(=O)c1cc(S(=O)(=O)Cl)c(Cl)cc1F. The second-order valence-corrected chi connectivity index (χ2v) is 7.51. The lowest BCUT2D eigenvalue weighted by atomic mass is 10.1. The summed E-state index contributed by atoms with van der Waals surface area (Å²) in [6.45, 7) is 3.86. The van der Waals surface area contributed by atoms with Crippen LogP contribution in [0, 0.1) is 5.82 Å². The summed E-state index contributed by atoms with van der Waals surface area (Å²) >= 11 is 5.64. The van der Waals surface area contributed by atoms with Gasteiger partial charge < -0.3 is 5.32 Å². The van der Waals surface area contributed by atoms with Gasteiger partial charge in [0, 0.05) is 16.7 Å². The maximum atomic E-state index is 13.8. The number of carbonyl (C=O) groups excluding carboxylic acids is 1. The first-order chi connectivity index (χ1) is 9.70. The second-order valence-electron chi connectivity index (χ2n) is 4.57. The summed E-state index contributed by atoms with van der Waals surface area (Å²) < 4.78 is 36.5. The number of benzene rings is 1. The number of rotatable bonds is 6. The number of halogens is 3.